The number of hydrogen-bond donors (Lipinski definition) is 2. The van der Waals surface area contributed by atoms with Crippen molar-refractivity contribution in [1.29, 1.82) is 0 Å². The number of likely N-dealkylation sites (N-methyl/N-ethyl adjacent to an activating group) is 1. The Balaban J connectivity index is 2.31. The number of aromatic amines is 1. The summed E-state index contributed by atoms with van der Waals surface area (Å²) >= 11 is 0. The lowest BCUT2D eigenvalue weighted by atomic mass is 10.1. The monoisotopic (exact) mass is 260 g/mol. The van der Waals surface area contributed by atoms with Crippen LogP contribution >= 0.6 is 0 Å². The predicted molar refractivity (Wildman–Crippen MR) is 75.8 cm³/mol. The van der Waals surface area contributed by atoms with Gasteiger partial charge in [-0.3, -0.25) is 4.79 Å². The summed E-state index contributed by atoms with van der Waals surface area (Å²) < 4.78 is 0. The topological polar surface area (TPSA) is 56.3 Å². The molecule has 0 radical (unpaired) electrons. The smallest absolute Gasteiger partial charge is 0.253 e. The lowest BCUT2D eigenvalue weighted by molar-refractivity contribution is -0.146. The van der Waals surface area contributed by atoms with Gasteiger partial charge in [-0.25, -0.2) is 0 Å². The van der Waals surface area contributed by atoms with Crippen molar-refractivity contribution in [3.8, 4) is 0 Å². The van der Waals surface area contributed by atoms with Crippen molar-refractivity contribution in [2.24, 2.45) is 0 Å². The van der Waals surface area contributed by atoms with Crippen molar-refractivity contribution in [3.63, 3.8) is 0 Å². The number of carbonyl (C=O) groups excluding carboxylic acids is 1. The summed E-state index contributed by atoms with van der Waals surface area (Å²) in [6, 6.07) is 8.02. The number of nitrogens with zero attached hydrogens (tertiary/aromatic N) is 1. The van der Waals surface area contributed by atoms with Gasteiger partial charge >= 0.3 is 0 Å². The Morgan fingerprint density at radius 1 is 1.37 bits per heavy atom. The highest BCUT2D eigenvalue weighted by atomic mass is 16.3. The average molecular weight is 260 g/mol. The summed E-state index contributed by atoms with van der Waals surface area (Å²) in [6.07, 6.45) is 0. The minimum atomic E-state index is -1.34. The van der Waals surface area contributed by atoms with Gasteiger partial charge in [0.2, 0.25) is 0 Å². The zero-order chi connectivity index (χ0) is 14.2. The van der Waals surface area contributed by atoms with E-state index >= 15 is 0 Å². The number of hydrogen-bond acceptors (Lipinski definition) is 2. The minimum absolute atomic E-state index is 0.280. The summed E-state index contributed by atoms with van der Waals surface area (Å²) in [7, 11) is 1.71. The first kappa shape index (κ1) is 13.6. The van der Waals surface area contributed by atoms with Crippen molar-refractivity contribution in [2.75, 3.05) is 7.05 Å². The van der Waals surface area contributed by atoms with E-state index in [1.54, 1.807) is 11.9 Å². The zero-order valence-electron chi connectivity index (χ0n) is 11.8. The van der Waals surface area contributed by atoms with Crippen molar-refractivity contribution < 1.29 is 9.90 Å². The number of fused-ring (bicyclic) bond motifs is 1. The number of para-hydroxylation sites is 1. The first-order valence-corrected chi connectivity index (χ1v) is 6.35. The molecule has 2 aromatic rings. The van der Waals surface area contributed by atoms with Crippen LogP contribution < -0.4 is 0 Å². The maximum absolute atomic E-state index is 12.0. The van der Waals surface area contributed by atoms with Gasteiger partial charge in [0.05, 0.1) is 0 Å². The summed E-state index contributed by atoms with van der Waals surface area (Å²) in [5.41, 5.74) is 1.88. The van der Waals surface area contributed by atoms with Crippen molar-refractivity contribution in [1.82, 2.24) is 9.88 Å². The Bertz CT molecular complexity index is 608. The normalized spacial score (nSPS) is 11.8. The fourth-order valence-corrected chi connectivity index (χ4v) is 2.31. The first-order valence-electron chi connectivity index (χ1n) is 6.35. The van der Waals surface area contributed by atoms with Crippen LogP contribution in [-0.2, 0) is 11.3 Å². The third-order valence-electron chi connectivity index (χ3n) is 3.29. The van der Waals surface area contributed by atoms with Gasteiger partial charge < -0.3 is 15.0 Å². The van der Waals surface area contributed by atoms with E-state index in [4.69, 9.17) is 0 Å². The van der Waals surface area contributed by atoms with E-state index in [1.165, 1.54) is 13.8 Å². The van der Waals surface area contributed by atoms with Gasteiger partial charge in [0, 0.05) is 30.2 Å². The number of carbonyl (C=O) groups is 1. The quantitative estimate of drug-likeness (QED) is 0.889. The molecule has 0 unspecified atom stereocenters. The second-order valence-electron chi connectivity index (χ2n) is 5.49. The van der Waals surface area contributed by atoms with Crippen molar-refractivity contribution in [2.45, 2.75) is 32.9 Å². The van der Waals surface area contributed by atoms with Crippen LogP contribution in [0.1, 0.15) is 25.1 Å². The molecule has 4 heteroatoms. The highest BCUT2D eigenvalue weighted by molar-refractivity contribution is 5.87. The SMILES string of the molecule is Cc1[nH]c2ccccc2c1CN(C)C(=O)C(C)(C)O. The van der Waals surface area contributed by atoms with Crippen molar-refractivity contribution >= 4 is 16.8 Å². The molecule has 1 heterocycles. The Kier molecular flexibility index (Phi) is 3.37. The number of nitrogens with one attached hydrogen (secondary N) is 1. The van der Waals surface area contributed by atoms with Gasteiger partial charge in [0.25, 0.3) is 5.91 Å². The number of benzene rings is 1. The third kappa shape index (κ3) is 2.63. The molecule has 1 aromatic carbocycles. The molecule has 1 aromatic heterocycles. The Labute approximate surface area is 113 Å². The summed E-state index contributed by atoms with van der Waals surface area (Å²) in [4.78, 5) is 16.9. The van der Waals surface area contributed by atoms with Crippen LogP contribution in [0.5, 0.6) is 0 Å². The molecule has 0 saturated carbocycles. The van der Waals surface area contributed by atoms with Gasteiger partial charge in [-0.05, 0) is 32.4 Å². The van der Waals surface area contributed by atoms with E-state index in [0.717, 1.165) is 22.2 Å². The second kappa shape index (κ2) is 4.70. The average Bonchev–Trinajstić information content (AvgIpc) is 2.64. The largest absolute Gasteiger partial charge is 0.381 e. The number of H-pyrrole nitrogens is 1. The van der Waals surface area contributed by atoms with Crippen LogP contribution in [-0.4, -0.2) is 33.5 Å². The Morgan fingerprint density at radius 2 is 2.00 bits per heavy atom. The molecule has 2 N–H and O–H groups in total. The number of aryl methyl sites for hydroxylation is 1. The maximum Gasteiger partial charge on any atom is 0.253 e. The molecule has 0 saturated heterocycles. The lowest BCUT2D eigenvalue weighted by Crippen LogP contribution is -2.42. The fraction of sp³-hybridized carbons (Fsp3) is 0.400. The van der Waals surface area contributed by atoms with Crippen LogP contribution in [0, 0.1) is 6.92 Å². The molecule has 102 valence electrons. The van der Waals surface area contributed by atoms with E-state index in [0.29, 0.717) is 6.54 Å². The number of aromatic nitrogens is 1. The summed E-state index contributed by atoms with van der Waals surface area (Å²) in [5.74, 6) is -0.280. The standard InChI is InChI=1S/C15H20N2O2/c1-10-12(9-17(4)14(18)15(2,3)19)11-7-5-6-8-13(11)16-10/h5-8,16,19H,9H2,1-4H3. The number of amides is 1. The molecule has 0 bridgehead atoms. The molecule has 0 atom stereocenters. The van der Waals surface area contributed by atoms with Crippen LogP contribution in [0.3, 0.4) is 0 Å². The van der Waals surface area contributed by atoms with E-state index < -0.39 is 5.60 Å². The van der Waals surface area contributed by atoms with Crippen molar-refractivity contribution in [3.05, 3.63) is 35.5 Å². The minimum Gasteiger partial charge on any atom is -0.381 e. The molecule has 0 aliphatic carbocycles. The number of rotatable bonds is 3. The molecular formula is C15H20N2O2. The lowest BCUT2D eigenvalue weighted by Gasteiger charge is -2.25. The van der Waals surface area contributed by atoms with Gasteiger partial charge in [0.15, 0.2) is 0 Å². The second-order valence-corrected chi connectivity index (χ2v) is 5.49. The maximum atomic E-state index is 12.0. The third-order valence-corrected chi connectivity index (χ3v) is 3.29. The van der Waals surface area contributed by atoms with E-state index in [1.807, 2.05) is 31.2 Å². The summed E-state index contributed by atoms with van der Waals surface area (Å²) in [5, 5.41) is 10.9. The van der Waals surface area contributed by atoms with Gasteiger partial charge in [0.1, 0.15) is 5.60 Å². The molecule has 4 nitrogen and oxygen atoms in total. The molecule has 0 fully saturated rings. The van der Waals surface area contributed by atoms with Crippen LogP contribution in [0.25, 0.3) is 10.9 Å². The highest BCUT2D eigenvalue weighted by Gasteiger charge is 2.27. The molecule has 2 rings (SSSR count). The van der Waals surface area contributed by atoms with Gasteiger partial charge in [-0.2, -0.15) is 0 Å². The van der Waals surface area contributed by atoms with E-state index in [-0.39, 0.29) is 5.91 Å². The first-order chi connectivity index (χ1) is 8.80. The van der Waals surface area contributed by atoms with E-state index in [2.05, 4.69) is 4.98 Å². The predicted octanol–water partition coefficient (Wildman–Crippen LogP) is 2.21. The van der Waals surface area contributed by atoms with Crippen LogP contribution in [0.2, 0.25) is 0 Å². The molecule has 0 aliphatic heterocycles. The molecule has 0 spiro atoms. The Hall–Kier alpha value is -1.81. The Morgan fingerprint density at radius 3 is 2.63 bits per heavy atom. The molecule has 0 aliphatic rings. The zero-order valence-corrected chi connectivity index (χ0v) is 11.8. The van der Waals surface area contributed by atoms with Gasteiger partial charge in [-0.1, -0.05) is 18.2 Å². The fourth-order valence-electron chi connectivity index (χ4n) is 2.31. The highest BCUT2D eigenvalue weighted by Crippen LogP contribution is 2.23. The van der Waals surface area contributed by atoms with Gasteiger partial charge in [-0.15, -0.1) is 0 Å². The van der Waals surface area contributed by atoms with Crippen LogP contribution in [0.4, 0.5) is 0 Å². The number of aliphatic hydroxyl groups is 1. The molecule has 1 amide bonds. The summed E-state index contributed by atoms with van der Waals surface area (Å²) in [6.45, 7) is 5.50. The molecule has 19 heavy (non-hydrogen) atoms. The molecular weight excluding hydrogens is 240 g/mol. The van der Waals surface area contributed by atoms with Crippen LogP contribution in [0.15, 0.2) is 24.3 Å². The van der Waals surface area contributed by atoms with E-state index in [9.17, 15) is 9.90 Å².